The summed E-state index contributed by atoms with van der Waals surface area (Å²) in [4.78, 5) is 29.6. The molecule has 3 heterocycles. The number of nitrogens with zero attached hydrogens (tertiary/aromatic N) is 5. The van der Waals surface area contributed by atoms with Crippen molar-refractivity contribution in [2.24, 2.45) is 0 Å². The van der Waals surface area contributed by atoms with Crippen LogP contribution in [0.25, 0.3) is 0 Å². The van der Waals surface area contributed by atoms with Crippen LogP contribution in [0.3, 0.4) is 0 Å². The Labute approximate surface area is 163 Å². The molecule has 2 amide bonds. The molecule has 28 heavy (non-hydrogen) atoms. The normalized spacial score (nSPS) is 22.0. The average molecular weight is 383 g/mol. The van der Waals surface area contributed by atoms with Crippen LogP contribution in [0.1, 0.15) is 24.6 Å². The highest BCUT2D eigenvalue weighted by molar-refractivity contribution is 5.96. The summed E-state index contributed by atoms with van der Waals surface area (Å²) in [6, 6.07) is 10.2. The van der Waals surface area contributed by atoms with Gasteiger partial charge < -0.3 is 10.0 Å². The van der Waals surface area contributed by atoms with Crippen LogP contribution in [0.15, 0.2) is 36.5 Å². The highest BCUT2D eigenvalue weighted by Gasteiger charge is 2.37. The van der Waals surface area contributed by atoms with Gasteiger partial charge in [0.15, 0.2) is 0 Å². The number of carboxylic acid groups (broad SMARTS) is 1. The number of hydrogen-bond acceptors (Lipinski definition) is 4. The Kier molecular flexibility index (Phi) is 4.80. The number of carbonyl (C=O) groups is 2. The summed E-state index contributed by atoms with van der Waals surface area (Å²) in [5.74, 6) is 0.0567. The van der Waals surface area contributed by atoms with Crippen LogP contribution >= 0.6 is 0 Å². The maximum Gasteiger partial charge on any atom is 0.407 e. The quantitative estimate of drug-likeness (QED) is 0.873. The topological polar surface area (TPSA) is 81.9 Å². The molecule has 2 aliphatic heterocycles. The van der Waals surface area contributed by atoms with E-state index < -0.39 is 6.09 Å². The number of fused-ring (bicyclic) bond motifs is 1. The average Bonchev–Trinajstić information content (AvgIpc) is 3.24. The molecular formula is C20H25N5O3. The lowest BCUT2D eigenvalue weighted by Crippen LogP contribution is -2.44. The first kappa shape index (κ1) is 18.5. The van der Waals surface area contributed by atoms with Gasteiger partial charge in [-0.2, -0.15) is 5.10 Å². The monoisotopic (exact) mass is 383 g/mol. The zero-order valence-corrected chi connectivity index (χ0v) is 16.2. The Balaban J connectivity index is 1.50. The molecule has 2 aromatic rings. The van der Waals surface area contributed by atoms with Crippen LogP contribution in [-0.4, -0.2) is 62.4 Å². The minimum absolute atomic E-state index is 0.0567. The van der Waals surface area contributed by atoms with Crippen LogP contribution in [-0.2, 0) is 24.4 Å². The smallest absolute Gasteiger partial charge is 0.407 e. The fraction of sp³-hybridized carbons (Fsp3) is 0.450. The molecule has 8 nitrogen and oxygen atoms in total. The summed E-state index contributed by atoms with van der Waals surface area (Å²) < 4.78 is 1.83. The number of hydrogen-bond donors (Lipinski definition) is 1. The minimum atomic E-state index is -0.945. The second kappa shape index (κ2) is 7.27. The molecular weight excluding hydrogens is 358 g/mol. The van der Waals surface area contributed by atoms with Crippen LogP contribution in [0.5, 0.6) is 0 Å². The number of anilines is 1. The standard InChI is InChI=1S/C20H25N5O3/c1-14-10-25-18(13-23(14)20(27)28)17(9-21-25)24-12-16(8-19(24)26)22(2)11-15-6-4-3-5-7-15/h3-7,9,14,16H,8,10-13H2,1-2H3,(H,27,28)/t14-,16?/m0/s1. The highest BCUT2D eigenvalue weighted by Crippen LogP contribution is 2.31. The van der Waals surface area contributed by atoms with E-state index in [0.717, 1.165) is 17.9 Å². The van der Waals surface area contributed by atoms with Crippen molar-refractivity contribution in [2.75, 3.05) is 18.5 Å². The van der Waals surface area contributed by atoms with Gasteiger partial charge in [-0.15, -0.1) is 0 Å². The molecule has 1 aromatic heterocycles. The van der Waals surface area contributed by atoms with Crippen molar-refractivity contribution in [3.05, 3.63) is 47.8 Å². The largest absolute Gasteiger partial charge is 0.465 e. The van der Waals surface area contributed by atoms with Gasteiger partial charge in [-0.1, -0.05) is 30.3 Å². The van der Waals surface area contributed by atoms with Crippen molar-refractivity contribution in [1.82, 2.24) is 19.6 Å². The summed E-state index contributed by atoms with van der Waals surface area (Å²) in [5.41, 5.74) is 2.74. The molecule has 0 spiro atoms. The van der Waals surface area contributed by atoms with Gasteiger partial charge >= 0.3 is 6.09 Å². The van der Waals surface area contributed by atoms with Gasteiger partial charge in [0, 0.05) is 25.6 Å². The molecule has 1 unspecified atom stereocenters. The molecule has 148 valence electrons. The molecule has 4 rings (SSSR count). The van der Waals surface area contributed by atoms with E-state index >= 15 is 0 Å². The van der Waals surface area contributed by atoms with E-state index in [1.165, 1.54) is 10.5 Å². The van der Waals surface area contributed by atoms with E-state index in [4.69, 9.17) is 0 Å². The Morgan fingerprint density at radius 1 is 1.29 bits per heavy atom. The van der Waals surface area contributed by atoms with Gasteiger partial charge in [0.2, 0.25) is 5.91 Å². The number of benzene rings is 1. The zero-order chi connectivity index (χ0) is 19.8. The Bertz CT molecular complexity index is 881. The zero-order valence-electron chi connectivity index (χ0n) is 16.2. The van der Waals surface area contributed by atoms with Gasteiger partial charge in [-0.25, -0.2) is 4.79 Å². The molecule has 1 fully saturated rings. The van der Waals surface area contributed by atoms with E-state index in [-0.39, 0.29) is 24.5 Å². The third kappa shape index (κ3) is 3.35. The molecule has 2 aliphatic rings. The first-order valence-corrected chi connectivity index (χ1v) is 9.53. The van der Waals surface area contributed by atoms with E-state index in [9.17, 15) is 14.7 Å². The number of rotatable bonds is 4. The molecule has 0 saturated carbocycles. The van der Waals surface area contributed by atoms with Gasteiger partial charge in [-0.3, -0.25) is 19.3 Å². The SMILES string of the molecule is C[C@H]1Cn2ncc(N3CC(N(C)Cc4ccccc4)CC3=O)c2CN1C(=O)O. The molecule has 0 bridgehead atoms. The van der Waals surface area contributed by atoms with Crippen molar-refractivity contribution in [1.29, 1.82) is 0 Å². The van der Waals surface area contributed by atoms with Crippen LogP contribution in [0.4, 0.5) is 10.5 Å². The van der Waals surface area contributed by atoms with Crippen molar-refractivity contribution < 1.29 is 14.7 Å². The maximum atomic E-state index is 12.7. The van der Waals surface area contributed by atoms with Gasteiger partial charge in [0.05, 0.1) is 36.7 Å². The second-order valence-electron chi connectivity index (χ2n) is 7.68. The van der Waals surface area contributed by atoms with E-state index in [0.29, 0.717) is 19.5 Å². The molecule has 1 N–H and O–H groups in total. The highest BCUT2D eigenvalue weighted by atomic mass is 16.4. The molecule has 0 aliphatic carbocycles. The Morgan fingerprint density at radius 3 is 2.75 bits per heavy atom. The molecule has 2 atom stereocenters. The fourth-order valence-electron chi connectivity index (χ4n) is 4.09. The van der Waals surface area contributed by atoms with E-state index in [1.54, 1.807) is 11.1 Å². The fourth-order valence-corrected chi connectivity index (χ4v) is 4.09. The lowest BCUT2D eigenvalue weighted by atomic mass is 10.1. The summed E-state index contributed by atoms with van der Waals surface area (Å²) in [6.07, 6.45) is 1.21. The van der Waals surface area contributed by atoms with Crippen molar-refractivity contribution >= 4 is 17.7 Å². The lowest BCUT2D eigenvalue weighted by molar-refractivity contribution is -0.117. The summed E-state index contributed by atoms with van der Waals surface area (Å²) in [7, 11) is 2.04. The first-order chi connectivity index (χ1) is 13.4. The number of carbonyl (C=O) groups excluding carboxylic acids is 1. The number of aromatic nitrogens is 2. The molecule has 0 radical (unpaired) electrons. The Morgan fingerprint density at radius 2 is 2.04 bits per heavy atom. The van der Waals surface area contributed by atoms with Crippen molar-refractivity contribution in [3.63, 3.8) is 0 Å². The predicted octanol–water partition coefficient (Wildman–Crippen LogP) is 2.00. The van der Waals surface area contributed by atoms with Crippen LogP contribution in [0.2, 0.25) is 0 Å². The first-order valence-electron chi connectivity index (χ1n) is 9.53. The lowest BCUT2D eigenvalue weighted by Gasteiger charge is -2.33. The maximum absolute atomic E-state index is 12.7. The number of amides is 2. The van der Waals surface area contributed by atoms with Crippen LogP contribution in [0, 0.1) is 0 Å². The third-order valence-corrected chi connectivity index (χ3v) is 5.76. The molecule has 8 heteroatoms. The third-order valence-electron chi connectivity index (χ3n) is 5.76. The summed E-state index contributed by atoms with van der Waals surface area (Å²) in [6.45, 7) is 3.99. The van der Waals surface area contributed by atoms with Gasteiger partial charge in [0.1, 0.15) is 0 Å². The molecule has 1 saturated heterocycles. The van der Waals surface area contributed by atoms with Crippen molar-refractivity contribution in [2.45, 2.75) is 45.1 Å². The van der Waals surface area contributed by atoms with Gasteiger partial charge in [0.25, 0.3) is 0 Å². The predicted molar refractivity (Wildman–Crippen MR) is 104 cm³/mol. The molecule has 1 aromatic carbocycles. The Hall–Kier alpha value is -2.87. The van der Waals surface area contributed by atoms with Crippen LogP contribution < -0.4 is 4.90 Å². The summed E-state index contributed by atoms with van der Waals surface area (Å²) in [5, 5.41) is 13.9. The minimum Gasteiger partial charge on any atom is -0.465 e. The van der Waals surface area contributed by atoms with Gasteiger partial charge in [-0.05, 0) is 19.5 Å². The summed E-state index contributed by atoms with van der Waals surface area (Å²) >= 11 is 0. The van der Waals surface area contributed by atoms with Crippen molar-refractivity contribution in [3.8, 4) is 0 Å². The number of likely N-dealkylation sites (N-methyl/N-ethyl adjacent to an activating group) is 1. The van der Waals surface area contributed by atoms with E-state index in [1.807, 2.05) is 36.9 Å². The van der Waals surface area contributed by atoms with E-state index in [2.05, 4.69) is 22.1 Å². The second-order valence-corrected chi connectivity index (χ2v) is 7.68.